The molecule has 1 rings (SSSR count). The highest BCUT2D eigenvalue weighted by Crippen LogP contribution is 2.26. The molecule has 14 heavy (non-hydrogen) atoms. The summed E-state index contributed by atoms with van der Waals surface area (Å²) in [4.78, 5) is 0. The van der Waals surface area contributed by atoms with E-state index >= 15 is 0 Å². The molecule has 0 aliphatic carbocycles. The number of rotatable bonds is 5. The van der Waals surface area contributed by atoms with Crippen molar-refractivity contribution >= 4 is 5.69 Å². The SMILES string of the molecule is C=CCOc1ccc(OCC)cc1N. The molecule has 0 spiro atoms. The summed E-state index contributed by atoms with van der Waals surface area (Å²) >= 11 is 0. The predicted octanol–water partition coefficient (Wildman–Crippen LogP) is 2.23. The molecule has 0 saturated carbocycles. The van der Waals surface area contributed by atoms with E-state index in [9.17, 15) is 0 Å². The first-order valence-electron chi connectivity index (χ1n) is 4.54. The number of anilines is 1. The monoisotopic (exact) mass is 193 g/mol. The Bertz CT molecular complexity index is 310. The summed E-state index contributed by atoms with van der Waals surface area (Å²) in [5.41, 5.74) is 6.33. The molecule has 0 saturated heterocycles. The molecule has 2 N–H and O–H groups in total. The summed E-state index contributed by atoms with van der Waals surface area (Å²) in [5.74, 6) is 1.42. The minimum Gasteiger partial charge on any atom is -0.494 e. The van der Waals surface area contributed by atoms with E-state index in [-0.39, 0.29) is 0 Å². The molecule has 0 bridgehead atoms. The highest BCUT2D eigenvalue weighted by Gasteiger charge is 2.01. The zero-order valence-corrected chi connectivity index (χ0v) is 8.32. The molecule has 3 heteroatoms. The van der Waals surface area contributed by atoms with E-state index < -0.39 is 0 Å². The van der Waals surface area contributed by atoms with Crippen molar-refractivity contribution in [2.24, 2.45) is 0 Å². The average molecular weight is 193 g/mol. The molecule has 0 fully saturated rings. The van der Waals surface area contributed by atoms with Crippen LogP contribution < -0.4 is 15.2 Å². The van der Waals surface area contributed by atoms with Crippen molar-refractivity contribution in [2.75, 3.05) is 18.9 Å². The number of nitrogen functional groups attached to an aromatic ring is 1. The summed E-state index contributed by atoms with van der Waals surface area (Å²) in [6.07, 6.45) is 1.68. The van der Waals surface area contributed by atoms with Crippen molar-refractivity contribution in [3.8, 4) is 11.5 Å². The average Bonchev–Trinajstić information content (AvgIpc) is 2.17. The fourth-order valence-electron chi connectivity index (χ4n) is 1.06. The summed E-state index contributed by atoms with van der Waals surface area (Å²) < 4.78 is 10.6. The first-order valence-corrected chi connectivity index (χ1v) is 4.54. The van der Waals surface area contributed by atoms with Crippen LogP contribution in [0.2, 0.25) is 0 Å². The van der Waals surface area contributed by atoms with Crippen LogP contribution in [0.5, 0.6) is 11.5 Å². The number of ether oxygens (including phenoxy) is 2. The van der Waals surface area contributed by atoms with E-state index in [0.29, 0.717) is 24.7 Å². The Balaban J connectivity index is 2.73. The third-order valence-electron chi connectivity index (χ3n) is 1.65. The molecule has 0 aromatic heterocycles. The summed E-state index contributed by atoms with van der Waals surface area (Å²) in [6.45, 7) is 6.58. The van der Waals surface area contributed by atoms with Gasteiger partial charge in [0.05, 0.1) is 12.3 Å². The third-order valence-corrected chi connectivity index (χ3v) is 1.65. The summed E-state index contributed by atoms with van der Waals surface area (Å²) in [7, 11) is 0. The molecule has 1 aromatic rings. The van der Waals surface area contributed by atoms with Crippen molar-refractivity contribution in [2.45, 2.75) is 6.92 Å². The molecule has 0 aliphatic rings. The van der Waals surface area contributed by atoms with Crippen LogP contribution in [0, 0.1) is 0 Å². The van der Waals surface area contributed by atoms with Crippen molar-refractivity contribution in [1.82, 2.24) is 0 Å². The zero-order valence-electron chi connectivity index (χ0n) is 8.32. The van der Waals surface area contributed by atoms with Gasteiger partial charge < -0.3 is 15.2 Å². The molecule has 0 aliphatic heterocycles. The third kappa shape index (κ3) is 2.69. The Morgan fingerprint density at radius 2 is 2.21 bits per heavy atom. The van der Waals surface area contributed by atoms with Crippen LogP contribution in [-0.2, 0) is 0 Å². The fraction of sp³-hybridized carbons (Fsp3) is 0.273. The lowest BCUT2D eigenvalue weighted by atomic mass is 10.3. The lowest BCUT2D eigenvalue weighted by Crippen LogP contribution is -1.98. The highest BCUT2D eigenvalue weighted by atomic mass is 16.5. The lowest BCUT2D eigenvalue weighted by molar-refractivity contribution is 0.337. The van der Waals surface area contributed by atoms with Gasteiger partial charge in [-0.05, 0) is 19.1 Å². The van der Waals surface area contributed by atoms with Gasteiger partial charge in [-0.25, -0.2) is 0 Å². The van der Waals surface area contributed by atoms with Gasteiger partial charge in [0.2, 0.25) is 0 Å². The quantitative estimate of drug-likeness (QED) is 0.576. The Kier molecular flexibility index (Phi) is 3.85. The largest absolute Gasteiger partial charge is 0.494 e. The van der Waals surface area contributed by atoms with Crippen molar-refractivity contribution in [3.63, 3.8) is 0 Å². The molecule has 0 atom stereocenters. The van der Waals surface area contributed by atoms with Crippen LogP contribution in [0.4, 0.5) is 5.69 Å². The maximum absolute atomic E-state index is 5.75. The second-order valence-corrected chi connectivity index (χ2v) is 2.73. The smallest absolute Gasteiger partial charge is 0.142 e. The summed E-state index contributed by atoms with van der Waals surface area (Å²) in [6, 6.07) is 5.38. The van der Waals surface area contributed by atoms with Crippen LogP contribution >= 0.6 is 0 Å². The molecule has 0 unspecified atom stereocenters. The van der Waals surface area contributed by atoms with Gasteiger partial charge in [0.25, 0.3) is 0 Å². The van der Waals surface area contributed by atoms with Gasteiger partial charge >= 0.3 is 0 Å². The van der Waals surface area contributed by atoms with Gasteiger partial charge in [-0.15, -0.1) is 0 Å². The normalized spacial score (nSPS) is 9.50. The Morgan fingerprint density at radius 3 is 2.79 bits per heavy atom. The number of hydrogen-bond donors (Lipinski definition) is 1. The molecule has 1 aromatic carbocycles. The molecule has 3 nitrogen and oxygen atoms in total. The van der Waals surface area contributed by atoms with Gasteiger partial charge in [0, 0.05) is 6.07 Å². The maximum atomic E-state index is 5.75. The Hall–Kier alpha value is -1.64. The highest BCUT2D eigenvalue weighted by molar-refractivity contribution is 5.56. The van der Waals surface area contributed by atoms with E-state index in [1.807, 2.05) is 13.0 Å². The number of nitrogens with two attached hydrogens (primary N) is 1. The first kappa shape index (κ1) is 10.4. The molecular formula is C11H15NO2. The second kappa shape index (κ2) is 5.17. The van der Waals surface area contributed by atoms with Crippen molar-refractivity contribution < 1.29 is 9.47 Å². The van der Waals surface area contributed by atoms with Gasteiger partial charge in [0.15, 0.2) is 0 Å². The van der Waals surface area contributed by atoms with Crippen LogP contribution in [0.25, 0.3) is 0 Å². The molecule has 0 amide bonds. The van der Waals surface area contributed by atoms with Crippen LogP contribution in [0.3, 0.4) is 0 Å². The van der Waals surface area contributed by atoms with E-state index in [1.54, 1.807) is 18.2 Å². The lowest BCUT2D eigenvalue weighted by Gasteiger charge is -2.08. The minimum absolute atomic E-state index is 0.457. The first-order chi connectivity index (χ1) is 6.77. The van der Waals surface area contributed by atoms with Gasteiger partial charge in [-0.1, -0.05) is 12.7 Å². The Labute approximate surface area is 84.1 Å². The van der Waals surface area contributed by atoms with E-state index in [4.69, 9.17) is 15.2 Å². The molecule has 76 valence electrons. The fourth-order valence-corrected chi connectivity index (χ4v) is 1.06. The van der Waals surface area contributed by atoms with Crippen molar-refractivity contribution in [3.05, 3.63) is 30.9 Å². The number of hydrogen-bond acceptors (Lipinski definition) is 3. The zero-order chi connectivity index (χ0) is 10.4. The topological polar surface area (TPSA) is 44.5 Å². The van der Waals surface area contributed by atoms with Crippen LogP contribution in [0.1, 0.15) is 6.92 Å². The van der Waals surface area contributed by atoms with E-state index in [2.05, 4.69) is 6.58 Å². The number of benzene rings is 1. The standard InChI is InChI=1S/C11H15NO2/c1-3-7-14-11-6-5-9(13-4-2)8-10(11)12/h3,5-6,8H,1,4,7,12H2,2H3. The molecular weight excluding hydrogens is 178 g/mol. The van der Waals surface area contributed by atoms with Gasteiger partial charge in [-0.3, -0.25) is 0 Å². The predicted molar refractivity (Wildman–Crippen MR) is 57.7 cm³/mol. The minimum atomic E-state index is 0.457. The van der Waals surface area contributed by atoms with Crippen LogP contribution in [-0.4, -0.2) is 13.2 Å². The van der Waals surface area contributed by atoms with E-state index in [0.717, 1.165) is 5.75 Å². The Morgan fingerprint density at radius 1 is 1.43 bits per heavy atom. The van der Waals surface area contributed by atoms with Gasteiger partial charge in [0.1, 0.15) is 18.1 Å². The van der Waals surface area contributed by atoms with Gasteiger partial charge in [-0.2, -0.15) is 0 Å². The van der Waals surface area contributed by atoms with E-state index in [1.165, 1.54) is 0 Å². The summed E-state index contributed by atoms with van der Waals surface area (Å²) in [5, 5.41) is 0. The molecule has 0 heterocycles. The maximum Gasteiger partial charge on any atom is 0.142 e. The molecule has 0 radical (unpaired) electrons. The van der Waals surface area contributed by atoms with Crippen molar-refractivity contribution in [1.29, 1.82) is 0 Å². The second-order valence-electron chi connectivity index (χ2n) is 2.73. The van der Waals surface area contributed by atoms with Crippen LogP contribution in [0.15, 0.2) is 30.9 Å².